The quantitative estimate of drug-likeness (QED) is 0.778. The van der Waals surface area contributed by atoms with E-state index in [0.717, 1.165) is 51.7 Å². The molecule has 1 aliphatic rings. The van der Waals surface area contributed by atoms with Crippen molar-refractivity contribution in [2.45, 2.75) is 45.1 Å². The second-order valence-corrected chi connectivity index (χ2v) is 5.69. The summed E-state index contributed by atoms with van der Waals surface area (Å²) in [5.74, 6) is 0.576. The predicted molar refractivity (Wildman–Crippen MR) is 75.4 cm³/mol. The number of nitrogens with zero attached hydrogens (tertiary/aromatic N) is 2. The fraction of sp³-hybridized carbons (Fsp3) is 0.929. The number of carbonyl (C=O) groups is 1. The number of rotatable bonds is 6. The summed E-state index contributed by atoms with van der Waals surface area (Å²) in [6, 6.07) is 0.317. The van der Waals surface area contributed by atoms with Gasteiger partial charge in [0.15, 0.2) is 0 Å². The van der Waals surface area contributed by atoms with Crippen LogP contribution < -0.4 is 5.73 Å². The summed E-state index contributed by atoms with van der Waals surface area (Å²) in [7, 11) is 4.14. The highest BCUT2D eigenvalue weighted by molar-refractivity contribution is 5.78. The minimum Gasteiger partial charge on any atom is -0.343 e. The van der Waals surface area contributed by atoms with Crippen LogP contribution in [0.5, 0.6) is 0 Å². The van der Waals surface area contributed by atoms with E-state index in [-0.39, 0.29) is 5.92 Å². The summed E-state index contributed by atoms with van der Waals surface area (Å²) in [6.45, 7) is 4.83. The van der Waals surface area contributed by atoms with Gasteiger partial charge >= 0.3 is 0 Å². The molecule has 0 unspecified atom stereocenters. The van der Waals surface area contributed by atoms with Crippen molar-refractivity contribution in [1.29, 1.82) is 0 Å². The molecule has 4 nitrogen and oxygen atoms in total. The van der Waals surface area contributed by atoms with E-state index in [1.54, 1.807) is 0 Å². The van der Waals surface area contributed by atoms with Crippen molar-refractivity contribution in [3.05, 3.63) is 0 Å². The molecule has 18 heavy (non-hydrogen) atoms. The van der Waals surface area contributed by atoms with Crippen LogP contribution in [-0.2, 0) is 4.79 Å². The van der Waals surface area contributed by atoms with Gasteiger partial charge in [-0.3, -0.25) is 4.79 Å². The van der Waals surface area contributed by atoms with E-state index in [2.05, 4.69) is 25.9 Å². The van der Waals surface area contributed by atoms with Gasteiger partial charge in [-0.15, -0.1) is 0 Å². The third-order valence-corrected chi connectivity index (χ3v) is 3.85. The zero-order chi connectivity index (χ0) is 13.5. The lowest BCUT2D eigenvalue weighted by atomic mass is 9.85. The molecule has 0 atom stereocenters. The number of nitrogens with two attached hydrogens (primary N) is 1. The first-order chi connectivity index (χ1) is 8.54. The zero-order valence-corrected chi connectivity index (χ0v) is 12.2. The molecule has 2 N–H and O–H groups in total. The molecule has 0 radical (unpaired) electrons. The Morgan fingerprint density at radius 3 is 2.28 bits per heavy atom. The van der Waals surface area contributed by atoms with Gasteiger partial charge < -0.3 is 15.5 Å². The minimum atomic E-state index is 0.226. The van der Waals surface area contributed by atoms with Crippen molar-refractivity contribution in [3.63, 3.8) is 0 Å². The average Bonchev–Trinajstić information content (AvgIpc) is 2.34. The molecule has 0 bridgehead atoms. The highest BCUT2D eigenvalue weighted by Gasteiger charge is 2.27. The monoisotopic (exact) mass is 255 g/mol. The Balaban J connectivity index is 2.36. The lowest BCUT2D eigenvalue weighted by molar-refractivity contribution is -0.136. The molecular weight excluding hydrogens is 226 g/mol. The molecule has 0 saturated heterocycles. The van der Waals surface area contributed by atoms with Crippen LogP contribution in [0.15, 0.2) is 0 Å². The molecule has 106 valence electrons. The van der Waals surface area contributed by atoms with E-state index in [1.807, 2.05) is 4.90 Å². The first-order valence-corrected chi connectivity index (χ1v) is 7.23. The van der Waals surface area contributed by atoms with Gasteiger partial charge in [-0.1, -0.05) is 0 Å². The second-order valence-electron chi connectivity index (χ2n) is 5.69. The molecule has 0 aliphatic heterocycles. The van der Waals surface area contributed by atoms with E-state index < -0.39 is 0 Å². The van der Waals surface area contributed by atoms with Gasteiger partial charge in [0.2, 0.25) is 5.91 Å². The average molecular weight is 255 g/mol. The molecule has 0 aromatic rings. The van der Waals surface area contributed by atoms with Crippen molar-refractivity contribution in [2.75, 3.05) is 33.7 Å². The van der Waals surface area contributed by atoms with E-state index in [9.17, 15) is 4.79 Å². The normalized spacial score (nSPS) is 24.3. The van der Waals surface area contributed by atoms with Crippen molar-refractivity contribution in [1.82, 2.24) is 9.80 Å². The first-order valence-electron chi connectivity index (χ1n) is 7.23. The van der Waals surface area contributed by atoms with E-state index >= 15 is 0 Å². The van der Waals surface area contributed by atoms with Crippen LogP contribution >= 0.6 is 0 Å². The first kappa shape index (κ1) is 15.4. The molecule has 0 heterocycles. The number of carbonyl (C=O) groups excluding carboxylic acids is 1. The Morgan fingerprint density at radius 2 is 1.78 bits per heavy atom. The number of hydrogen-bond acceptors (Lipinski definition) is 3. The maximum absolute atomic E-state index is 12.4. The summed E-state index contributed by atoms with van der Waals surface area (Å²) >= 11 is 0. The fourth-order valence-electron chi connectivity index (χ4n) is 2.63. The molecule has 1 fully saturated rings. The Morgan fingerprint density at radius 1 is 1.17 bits per heavy atom. The van der Waals surface area contributed by atoms with Crippen LogP contribution in [0.2, 0.25) is 0 Å². The molecule has 4 heteroatoms. The molecule has 0 aromatic heterocycles. The molecule has 1 saturated carbocycles. The summed E-state index contributed by atoms with van der Waals surface area (Å²) in [4.78, 5) is 16.6. The van der Waals surface area contributed by atoms with Crippen molar-refractivity contribution in [3.8, 4) is 0 Å². The van der Waals surface area contributed by atoms with Gasteiger partial charge in [-0.05, 0) is 59.7 Å². The molecule has 1 rings (SSSR count). The topological polar surface area (TPSA) is 49.6 Å². The highest BCUT2D eigenvalue weighted by atomic mass is 16.2. The van der Waals surface area contributed by atoms with Gasteiger partial charge in [0.05, 0.1) is 0 Å². The molecular formula is C14H29N3O. The highest BCUT2D eigenvalue weighted by Crippen LogP contribution is 2.25. The van der Waals surface area contributed by atoms with Gasteiger partial charge in [-0.2, -0.15) is 0 Å². The fourth-order valence-corrected chi connectivity index (χ4v) is 2.63. The van der Waals surface area contributed by atoms with Crippen LogP contribution in [0.3, 0.4) is 0 Å². The van der Waals surface area contributed by atoms with Crippen LogP contribution in [0, 0.1) is 5.92 Å². The van der Waals surface area contributed by atoms with Crippen LogP contribution in [0.1, 0.15) is 39.0 Å². The summed E-state index contributed by atoms with van der Waals surface area (Å²) in [5.41, 5.74) is 5.89. The van der Waals surface area contributed by atoms with Crippen LogP contribution in [0.4, 0.5) is 0 Å². The Labute approximate surface area is 111 Å². The van der Waals surface area contributed by atoms with Crippen LogP contribution in [-0.4, -0.2) is 55.5 Å². The molecule has 0 spiro atoms. The van der Waals surface area contributed by atoms with Gasteiger partial charge in [0.25, 0.3) is 0 Å². The van der Waals surface area contributed by atoms with Crippen molar-refractivity contribution < 1.29 is 4.79 Å². The lowest BCUT2D eigenvalue weighted by Gasteiger charge is -2.30. The third-order valence-electron chi connectivity index (χ3n) is 3.85. The second kappa shape index (κ2) is 7.74. The number of hydrogen-bond donors (Lipinski definition) is 1. The van der Waals surface area contributed by atoms with Crippen molar-refractivity contribution in [2.24, 2.45) is 11.7 Å². The van der Waals surface area contributed by atoms with Crippen LogP contribution in [0.25, 0.3) is 0 Å². The predicted octanol–water partition coefficient (Wildman–Crippen LogP) is 1.30. The lowest BCUT2D eigenvalue weighted by Crippen LogP contribution is -2.40. The van der Waals surface area contributed by atoms with Crippen molar-refractivity contribution >= 4 is 5.91 Å². The van der Waals surface area contributed by atoms with E-state index in [0.29, 0.717) is 11.9 Å². The van der Waals surface area contributed by atoms with Gasteiger partial charge in [0, 0.05) is 25.0 Å². The summed E-state index contributed by atoms with van der Waals surface area (Å²) < 4.78 is 0. The summed E-state index contributed by atoms with van der Waals surface area (Å²) in [6.07, 6.45) is 5.02. The standard InChI is InChI=1S/C14H29N3O/c1-4-17(11-5-10-16(2)3)14(18)12-6-8-13(15)9-7-12/h12-13H,4-11,15H2,1-3H3. The maximum atomic E-state index is 12.4. The largest absolute Gasteiger partial charge is 0.343 e. The summed E-state index contributed by atoms with van der Waals surface area (Å²) in [5, 5.41) is 0. The molecule has 1 aliphatic carbocycles. The maximum Gasteiger partial charge on any atom is 0.225 e. The SMILES string of the molecule is CCN(CCCN(C)C)C(=O)C1CCC(N)CC1. The Bertz CT molecular complexity index is 247. The molecule has 1 amide bonds. The number of amides is 1. The Kier molecular flexibility index (Phi) is 6.65. The van der Waals surface area contributed by atoms with Gasteiger partial charge in [-0.25, -0.2) is 0 Å². The zero-order valence-electron chi connectivity index (χ0n) is 12.2. The van der Waals surface area contributed by atoms with E-state index in [1.165, 1.54) is 0 Å². The third kappa shape index (κ3) is 4.94. The molecule has 0 aromatic carbocycles. The minimum absolute atomic E-state index is 0.226. The van der Waals surface area contributed by atoms with E-state index in [4.69, 9.17) is 5.73 Å². The van der Waals surface area contributed by atoms with Gasteiger partial charge in [0.1, 0.15) is 0 Å². The smallest absolute Gasteiger partial charge is 0.225 e. The Hall–Kier alpha value is -0.610.